The first-order valence-electron chi connectivity index (χ1n) is 6.13. The SMILES string of the molecule is CC1CCCC(Sc2ncccc2C(=N)N)C1. The number of pyridine rings is 1. The number of thioether (sulfide) groups is 1. The minimum Gasteiger partial charge on any atom is -0.384 e. The maximum Gasteiger partial charge on any atom is 0.125 e. The summed E-state index contributed by atoms with van der Waals surface area (Å²) in [5.74, 6) is 0.926. The standard InChI is InChI=1S/C13H19N3S/c1-9-4-2-5-10(8-9)17-13-11(12(14)15)6-3-7-16-13/h3,6-7,9-10H,2,4-5,8H2,1H3,(H3,14,15). The first kappa shape index (κ1) is 12.4. The third-order valence-corrected chi connectivity index (χ3v) is 4.54. The Balaban J connectivity index is 2.10. The Morgan fingerprint density at radius 2 is 2.35 bits per heavy atom. The molecule has 1 aromatic heterocycles. The lowest BCUT2D eigenvalue weighted by Crippen LogP contribution is -2.17. The predicted octanol–water partition coefficient (Wildman–Crippen LogP) is 3.04. The van der Waals surface area contributed by atoms with Gasteiger partial charge in [0, 0.05) is 17.0 Å². The van der Waals surface area contributed by atoms with Gasteiger partial charge in [0.15, 0.2) is 0 Å². The fourth-order valence-electron chi connectivity index (χ4n) is 2.33. The van der Waals surface area contributed by atoms with Gasteiger partial charge < -0.3 is 5.73 Å². The molecule has 3 N–H and O–H groups in total. The van der Waals surface area contributed by atoms with E-state index in [0.717, 1.165) is 16.5 Å². The minimum absolute atomic E-state index is 0.115. The quantitative estimate of drug-likeness (QED) is 0.639. The molecule has 1 aliphatic rings. The summed E-state index contributed by atoms with van der Waals surface area (Å²) in [4.78, 5) is 4.36. The topological polar surface area (TPSA) is 62.8 Å². The Hall–Kier alpha value is -1.03. The molecule has 0 aliphatic heterocycles. The molecule has 0 amide bonds. The summed E-state index contributed by atoms with van der Waals surface area (Å²) in [5, 5.41) is 9.10. The average molecular weight is 249 g/mol. The Kier molecular flexibility index (Phi) is 4.05. The number of aromatic nitrogens is 1. The number of hydrogen-bond donors (Lipinski definition) is 2. The monoisotopic (exact) mass is 249 g/mol. The molecule has 0 radical (unpaired) electrons. The van der Waals surface area contributed by atoms with E-state index in [1.165, 1.54) is 25.7 Å². The first-order valence-corrected chi connectivity index (χ1v) is 7.01. The van der Waals surface area contributed by atoms with Crippen molar-refractivity contribution in [3.63, 3.8) is 0 Å². The number of nitrogens with two attached hydrogens (primary N) is 1. The van der Waals surface area contributed by atoms with Crippen LogP contribution in [0.15, 0.2) is 23.4 Å². The molecule has 1 heterocycles. The van der Waals surface area contributed by atoms with Gasteiger partial charge in [-0.2, -0.15) is 0 Å². The van der Waals surface area contributed by atoms with Crippen molar-refractivity contribution in [2.75, 3.05) is 0 Å². The highest BCUT2D eigenvalue weighted by molar-refractivity contribution is 7.99. The minimum atomic E-state index is 0.115. The van der Waals surface area contributed by atoms with Crippen LogP contribution in [0.4, 0.5) is 0 Å². The maximum absolute atomic E-state index is 7.56. The smallest absolute Gasteiger partial charge is 0.125 e. The zero-order chi connectivity index (χ0) is 12.3. The van der Waals surface area contributed by atoms with Crippen molar-refractivity contribution in [2.24, 2.45) is 11.7 Å². The molecule has 1 fully saturated rings. The summed E-state index contributed by atoms with van der Waals surface area (Å²) in [6, 6.07) is 3.72. The van der Waals surface area contributed by atoms with Gasteiger partial charge in [0.25, 0.3) is 0 Å². The zero-order valence-corrected chi connectivity index (χ0v) is 11.0. The van der Waals surface area contributed by atoms with Crippen LogP contribution in [-0.2, 0) is 0 Å². The van der Waals surface area contributed by atoms with Gasteiger partial charge in [0.1, 0.15) is 10.9 Å². The lowest BCUT2D eigenvalue weighted by Gasteiger charge is -2.26. The van der Waals surface area contributed by atoms with Gasteiger partial charge >= 0.3 is 0 Å². The molecule has 0 bridgehead atoms. The van der Waals surface area contributed by atoms with Crippen LogP contribution < -0.4 is 5.73 Å². The van der Waals surface area contributed by atoms with Gasteiger partial charge in [-0.3, -0.25) is 5.41 Å². The number of hydrogen-bond acceptors (Lipinski definition) is 3. The Morgan fingerprint density at radius 1 is 1.53 bits per heavy atom. The van der Waals surface area contributed by atoms with Crippen molar-refractivity contribution >= 4 is 17.6 Å². The average Bonchev–Trinajstić information content (AvgIpc) is 2.29. The highest BCUT2D eigenvalue weighted by Crippen LogP contribution is 2.36. The Morgan fingerprint density at radius 3 is 3.06 bits per heavy atom. The van der Waals surface area contributed by atoms with Crippen LogP contribution in [0.2, 0.25) is 0 Å². The van der Waals surface area contributed by atoms with E-state index in [2.05, 4.69) is 11.9 Å². The molecular formula is C13H19N3S. The first-order chi connectivity index (χ1) is 8.16. The predicted molar refractivity (Wildman–Crippen MR) is 72.5 cm³/mol. The molecule has 17 heavy (non-hydrogen) atoms. The van der Waals surface area contributed by atoms with E-state index in [1.54, 1.807) is 18.0 Å². The second-order valence-electron chi connectivity index (χ2n) is 4.78. The Labute approximate surface area is 107 Å². The van der Waals surface area contributed by atoms with Crippen molar-refractivity contribution in [2.45, 2.75) is 42.9 Å². The highest BCUT2D eigenvalue weighted by atomic mass is 32.2. The van der Waals surface area contributed by atoms with Crippen LogP contribution in [0.3, 0.4) is 0 Å². The lowest BCUT2D eigenvalue weighted by molar-refractivity contribution is 0.394. The molecule has 0 aromatic carbocycles. The van der Waals surface area contributed by atoms with Gasteiger partial charge in [0.05, 0.1) is 0 Å². The summed E-state index contributed by atoms with van der Waals surface area (Å²) in [7, 11) is 0. The molecule has 1 saturated carbocycles. The fourth-order valence-corrected chi connectivity index (χ4v) is 3.78. The van der Waals surface area contributed by atoms with E-state index >= 15 is 0 Å². The third-order valence-electron chi connectivity index (χ3n) is 3.23. The second-order valence-corrected chi connectivity index (χ2v) is 6.07. The van der Waals surface area contributed by atoms with E-state index < -0.39 is 0 Å². The van der Waals surface area contributed by atoms with Gasteiger partial charge in [0.2, 0.25) is 0 Å². The number of amidine groups is 1. The van der Waals surface area contributed by atoms with Crippen LogP contribution in [0.5, 0.6) is 0 Å². The molecule has 1 aromatic rings. The number of rotatable bonds is 3. The van der Waals surface area contributed by atoms with E-state index in [-0.39, 0.29) is 5.84 Å². The van der Waals surface area contributed by atoms with Crippen LogP contribution in [-0.4, -0.2) is 16.1 Å². The molecule has 1 aliphatic carbocycles. The van der Waals surface area contributed by atoms with Gasteiger partial charge in [-0.1, -0.05) is 19.8 Å². The lowest BCUT2D eigenvalue weighted by atomic mass is 9.91. The van der Waals surface area contributed by atoms with Gasteiger partial charge in [-0.15, -0.1) is 11.8 Å². The summed E-state index contributed by atoms with van der Waals surface area (Å²) in [6.07, 6.45) is 6.93. The van der Waals surface area contributed by atoms with E-state index in [0.29, 0.717) is 5.25 Å². The van der Waals surface area contributed by atoms with Gasteiger partial charge in [-0.05, 0) is 30.9 Å². The van der Waals surface area contributed by atoms with E-state index in [1.807, 2.05) is 12.1 Å². The fraction of sp³-hybridized carbons (Fsp3) is 0.538. The molecule has 0 spiro atoms. The van der Waals surface area contributed by atoms with Crippen molar-refractivity contribution in [3.8, 4) is 0 Å². The van der Waals surface area contributed by atoms with Gasteiger partial charge in [-0.25, -0.2) is 4.98 Å². The summed E-state index contributed by atoms with van der Waals surface area (Å²) in [6.45, 7) is 2.32. The molecule has 2 rings (SSSR count). The molecular weight excluding hydrogens is 230 g/mol. The second kappa shape index (κ2) is 5.54. The summed E-state index contributed by atoms with van der Waals surface area (Å²) >= 11 is 1.79. The molecule has 4 heteroatoms. The van der Waals surface area contributed by atoms with Crippen LogP contribution in [0.1, 0.15) is 38.2 Å². The normalized spacial score (nSPS) is 24.5. The van der Waals surface area contributed by atoms with Crippen LogP contribution >= 0.6 is 11.8 Å². The largest absolute Gasteiger partial charge is 0.384 e. The molecule has 2 unspecified atom stereocenters. The highest BCUT2D eigenvalue weighted by Gasteiger charge is 2.21. The van der Waals surface area contributed by atoms with E-state index in [4.69, 9.17) is 11.1 Å². The summed E-state index contributed by atoms with van der Waals surface area (Å²) < 4.78 is 0. The van der Waals surface area contributed by atoms with Crippen molar-refractivity contribution < 1.29 is 0 Å². The molecule has 92 valence electrons. The van der Waals surface area contributed by atoms with Crippen molar-refractivity contribution in [1.82, 2.24) is 4.98 Å². The zero-order valence-electron chi connectivity index (χ0n) is 10.1. The maximum atomic E-state index is 7.56. The third kappa shape index (κ3) is 3.22. The number of nitrogens with zero attached hydrogens (tertiary/aromatic N) is 1. The summed E-state index contributed by atoms with van der Waals surface area (Å²) in [5.41, 5.74) is 6.35. The van der Waals surface area contributed by atoms with Crippen molar-refractivity contribution in [1.29, 1.82) is 5.41 Å². The molecule has 2 atom stereocenters. The molecule has 0 saturated heterocycles. The number of nitrogens with one attached hydrogen (secondary N) is 1. The number of nitrogen functional groups attached to an aromatic ring is 1. The Bertz CT molecular complexity index is 405. The molecule has 3 nitrogen and oxygen atoms in total. The van der Waals surface area contributed by atoms with Crippen LogP contribution in [0.25, 0.3) is 0 Å². The van der Waals surface area contributed by atoms with E-state index in [9.17, 15) is 0 Å². The van der Waals surface area contributed by atoms with Crippen molar-refractivity contribution in [3.05, 3.63) is 23.9 Å². The van der Waals surface area contributed by atoms with Crippen LogP contribution in [0, 0.1) is 11.3 Å².